The normalized spacial score (nSPS) is 16.4. The van der Waals surface area contributed by atoms with Crippen LogP contribution >= 0.6 is 24.8 Å². The third-order valence-electron chi connectivity index (χ3n) is 11.0. The van der Waals surface area contributed by atoms with Crippen molar-refractivity contribution in [2.75, 3.05) is 103 Å². The molecule has 0 bridgehead atoms. The molecular weight excluding hydrogens is 819 g/mol. The fourth-order valence-electron chi connectivity index (χ4n) is 7.74. The number of halogens is 2. The first-order chi connectivity index (χ1) is 28.4. The van der Waals surface area contributed by atoms with Crippen molar-refractivity contribution in [3.8, 4) is 11.5 Å². The van der Waals surface area contributed by atoms with Crippen LogP contribution in [0.25, 0.3) is 0 Å². The molecule has 0 atom stereocenters. The lowest BCUT2D eigenvalue weighted by molar-refractivity contribution is 0.0656. The summed E-state index contributed by atoms with van der Waals surface area (Å²) < 4.78 is 10.9. The summed E-state index contributed by atoms with van der Waals surface area (Å²) in [6.07, 6.45) is 7.91. The first kappa shape index (κ1) is 48.0. The molecule has 4 aromatic rings. The van der Waals surface area contributed by atoms with E-state index < -0.39 is 0 Å². The lowest BCUT2D eigenvalue weighted by Gasteiger charge is -2.36. The van der Waals surface area contributed by atoms with Crippen molar-refractivity contribution in [2.24, 2.45) is 0 Å². The second kappa shape index (κ2) is 22.8. The van der Waals surface area contributed by atoms with E-state index in [1.165, 1.54) is 9.80 Å². The van der Waals surface area contributed by atoms with Crippen LogP contribution in [-0.4, -0.2) is 141 Å². The van der Waals surface area contributed by atoms with Crippen molar-refractivity contribution in [1.29, 1.82) is 0 Å². The number of methoxy groups -OCH3 is 2. The average Bonchev–Trinajstić information content (AvgIpc) is 3.67. The second-order valence-electron chi connectivity index (χ2n) is 14.4. The van der Waals surface area contributed by atoms with Gasteiger partial charge in [0, 0.05) is 78.5 Å². The zero-order chi connectivity index (χ0) is 40.4. The molecule has 15 heteroatoms. The summed E-state index contributed by atoms with van der Waals surface area (Å²) in [7, 11) is 3.41. The van der Waals surface area contributed by atoms with E-state index in [9.17, 15) is 19.2 Å². The monoisotopic (exact) mass is 872 g/mol. The standard InChI is InChI=1S/2C23H25N3O3.2ClH.H2O/c2*1-29-21-11-5-4-10-20(21)25-16-14-24(15-17-25)12-6-7-13-26-22(27)18-8-2-3-9-19(18)23(26)28;;;/h2*2-11H,12-17H2,1H3;2*1H;1H2. The average molecular weight is 874 g/mol. The zero-order valence-electron chi connectivity index (χ0n) is 34.5. The van der Waals surface area contributed by atoms with Gasteiger partial charge in [-0.2, -0.15) is 0 Å². The lowest BCUT2D eigenvalue weighted by atomic mass is 10.1. The number of amides is 4. The van der Waals surface area contributed by atoms with E-state index in [1.54, 1.807) is 62.8 Å². The number of rotatable bonds is 12. The molecule has 4 amide bonds. The fraction of sp³-hybridized carbons (Fsp3) is 0.304. The molecule has 8 rings (SSSR count). The van der Waals surface area contributed by atoms with E-state index in [1.807, 2.05) is 60.7 Å². The number of ether oxygens (including phenoxy) is 2. The smallest absolute Gasteiger partial charge is 0.261 e. The maximum atomic E-state index is 12.4. The summed E-state index contributed by atoms with van der Waals surface area (Å²) in [5.41, 5.74) is 4.26. The molecule has 2 N–H and O–H groups in total. The maximum Gasteiger partial charge on any atom is 0.261 e. The van der Waals surface area contributed by atoms with Crippen LogP contribution in [0.5, 0.6) is 11.5 Å². The molecule has 0 aromatic heterocycles. The largest absolute Gasteiger partial charge is 0.495 e. The number of para-hydroxylation sites is 4. The number of benzene rings is 4. The Morgan fingerprint density at radius 2 is 0.705 bits per heavy atom. The number of imide groups is 2. The Labute approximate surface area is 369 Å². The Morgan fingerprint density at radius 1 is 0.426 bits per heavy atom. The highest BCUT2D eigenvalue weighted by atomic mass is 35.5. The summed E-state index contributed by atoms with van der Waals surface area (Å²) in [4.78, 5) is 61.5. The molecule has 0 saturated carbocycles. The number of hydrogen-bond donors (Lipinski definition) is 0. The molecule has 0 aliphatic carbocycles. The number of nitrogens with zero attached hydrogens (tertiary/aromatic N) is 6. The number of fused-ring (bicyclic) bond motifs is 2. The third-order valence-corrected chi connectivity index (χ3v) is 11.0. The van der Waals surface area contributed by atoms with Crippen LogP contribution < -0.4 is 19.3 Å². The maximum absolute atomic E-state index is 12.4. The van der Waals surface area contributed by atoms with E-state index in [0.717, 1.165) is 88.3 Å². The van der Waals surface area contributed by atoms with Crippen LogP contribution in [0.15, 0.2) is 121 Å². The van der Waals surface area contributed by atoms with Gasteiger partial charge in [0.2, 0.25) is 0 Å². The quantitative estimate of drug-likeness (QED) is 0.135. The number of carbonyl (C=O) groups excluding carboxylic acids is 4. The Hall–Kier alpha value is -5.70. The van der Waals surface area contributed by atoms with Gasteiger partial charge in [-0.1, -0.05) is 72.8 Å². The topological polar surface area (TPSA) is 138 Å². The fourth-order valence-corrected chi connectivity index (χ4v) is 7.74. The molecule has 13 nitrogen and oxygen atoms in total. The van der Waals surface area contributed by atoms with Crippen LogP contribution in [-0.2, 0) is 0 Å². The first-order valence-corrected chi connectivity index (χ1v) is 19.8. The molecule has 61 heavy (non-hydrogen) atoms. The van der Waals surface area contributed by atoms with Crippen molar-refractivity contribution in [1.82, 2.24) is 19.6 Å². The number of hydrogen-bond acceptors (Lipinski definition) is 10. The van der Waals surface area contributed by atoms with Gasteiger partial charge in [-0.3, -0.25) is 38.8 Å². The van der Waals surface area contributed by atoms with Crippen LogP contribution in [0.2, 0.25) is 0 Å². The van der Waals surface area contributed by atoms with Gasteiger partial charge >= 0.3 is 0 Å². The molecule has 0 spiro atoms. The van der Waals surface area contributed by atoms with E-state index in [4.69, 9.17) is 9.47 Å². The minimum Gasteiger partial charge on any atom is -0.495 e. The Bertz CT molecular complexity index is 1960. The number of anilines is 2. The summed E-state index contributed by atoms with van der Waals surface area (Å²) >= 11 is 0. The molecule has 4 aliphatic rings. The van der Waals surface area contributed by atoms with Crippen LogP contribution in [0.1, 0.15) is 41.4 Å². The molecule has 0 unspecified atom stereocenters. The number of carbonyl (C=O) groups is 4. The van der Waals surface area contributed by atoms with E-state index in [-0.39, 0.29) is 53.9 Å². The number of piperazine rings is 2. The Kier molecular flexibility index (Phi) is 17.9. The summed E-state index contributed by atoms with van der Waals surface area (Å²) in [6, 6.07) is 30.2. The van der Waals surface area contributed by atoms with Crippen molar-refractivity contribution in [3.05, 3.63) is 144 Å². The Morgan fingerprint density at radius 3 is 1.02 bits per heavy atom. The molecule has 324 valence electrons. The Balaban J connectivity index is 0.000000256. The van der Waals surface area contributed by atoms with Gasteiger partial charge < -0.3 is 24.7 Å². The SMILES string of the molecule is COc1ccccc1N1CCN(CC=CCN2C(=O)c3ccccc3C2=O)CC1.COc1ccccc1N1CCN(CC=CCN2C(=O)c3ccccc3C2=O)CC1.Cl.Cl.O. The van der Waals surface area contributed by atoms with Gasteiger partial charge in [0.1, 0.15) is 11.5 Å². The van der Waals surface area contributed by atoms with E-state index in [0.29, 0.717) is 35.3 Å². The predicted octanol–water partition coefficient (Wildman–Crippen LogP) is 5.36. The molecule has 4 aromatic carbocycles. The van der Waals surface area contributed by atoms with Crippen molar-refractivity contribution < 1.29 is 34.1 Å². The van der Waals surface area contributed by atoms with Gasteiger partial charge in [-0.05, 0) is 48.5 Å². The predicted molar refractivity (Wildman–Crippen MR) is 243 cm³/mol. The molecule has 2 saturated heterocycles. The van der Waals surface area contributed by atoms with Gasteiger partial charge in [0.25, 0.3) is 23.6 Å². The summed E-state index contributed by atoms with van der Waals surface area (Å²) in [5.74, 6) is 0.978. The summed E-state index contributed by atoms with van der Waals surface area (Å²) in [5, 5.41) is 0. The lowest BCUT2D eigenvalue weighted by Crippen LogP contribution is -2.46. The second-order valence-corrected chi connectivity index (χ2v) is 14.4. The van der Waals surface area contributed by atoms with Gasteiger partial charge in [0.15, 0.2) is 0 Å². The van der Waals surface area contributed by atoms with Crippen LogP contribution in [0.3, 0.4) is 0 Å². The van der Waals surface area contributed by atoms with Crippen LogP contribution in [0.4, 0.5) is 11.4 Å². The highest BCUT2D eigenvalue weighted by Crippen LogP contribution is 2.30. The van der Waals surface area contributed by atoms with Gasteiger partial charge in [-0.15, -0.1) is 24.8 Å². The van der Waals surface area contributed by atoms with E-state index >= 15 is 0 Å². The molecule has 4 heterocycles. The third kappa shape index (κ3) is 11.0. The molecular formula is C46H54Cl2N6O7. The minimum absolute atomic E-state index is 0. The molecule has 4 aliphatic heterocycles. The van der Waals surface area contributed by atoms with Crippen molar-refractivity contribution in [3.63, 3.8) is 0 Å². The highest BCUT2D eigenvalue weighted by molar-refractivity contribution is 6.22. The highest BCUT2D eigenvalue weighted by Gasteiger charge is 2.35. The van der Waals surface area contributed by atoms with E-state index in [2.05, 4.69) is 31.7 Å². The van der Waals surface area contributed by atoms with Crippen molar-refractivity contribution >= 4 is 59.8 Å². The van der Waals surface area contributed by atoms with Crippen molar-refractivity contribution in [2.45, 2.75) is 0 Å². The van der Waals surface area contributed by atoms with Gasteiger partial charge in [0.05, 0.1) is 47.8 Å². The van der Waals surface area contributed by atoms with Crippen LogP contribution in [0, 0.1) is 0 Å². The molecule has 2 fully saturated rings. The molecule has 0 radical (unpaired) electrons. The zero-order valence-corrected chi connectivity index (χ0v) is 36.1. The minimum atomic E-state index is -0.208. The van der Waals surface area contributed by atoms with Gasteiger partial charge in [-0.25, -0.2) is 0 Å². The first-order valence-electron chi connectivity index (χ1n) is 19.8. The summed E-state index contributed by atoms with van der Waals surface area (Å²) in [6.45, 7) is 9.81.